The lowest BCUT2D eigenvalue weighted by molar-refractivity contribution is 0.0275. The van der Waals surface area contributed by atoms with Gasteiger partial charge in [0, 0.05) is 19.1 Å². The molecule has 0 saturated heterocycles. The predicted molar refractivity (Wildman–Crippen MR) is 90.4 cm³/mol. The van der Waals surface area contributed by atoms with Crippen molar-refractivity contribution in [1.29, 1.82) is 0 Å². The van der Waals surface area contributed by atoms with Crippen LogP contribution in [0.15, 0.2) is 4.99 Å². The summed E-state index contributed by atoms with van der Waals surface area (Å²) in [5.41, 5.74) is -0.468. The molecule has 0 aliphatic carbocycles. The minimum absolute atomic E-state index is 0.268. The van der Waals surface area contributed by atoms with Crippen LogP contribution in [0.4, 0.5) is 4.79 Å². The van der Waals surface area contributed by atoms with E-state index in [-0.39, 0.29) is 6.09 Å². The molecular weight excluding hydrogens is 280 g/mol. The fourth-order valence-electron chi connectivity index (χ4n) is 2.22. The van der Waals surface area contributed by atoms with Crippen molar-refractivity contribution in [3.8, 4) is 0 Å². The van der Waals surface area contributed by atoms with Crippen molar-refractivity contribution in [3.05, 3.63) is 0 Å². The summed E-state index contributed by atoms with van der Waals surface area (Å²) in [5, 5.41) is 3.49. The molecule has 22 heavy (non-hydrogen) atoms. The Morgan fingerprint density at radius 3 is 2.55 bits per heavy atom. The minimum Gasteiger partial charge on any atom is -0.444 e. The smallest absolute Gasteiger partial charge is 0.410 e. The van der Waals surface area contributed by atoms with Gasteiger partial charge in [0.1, 0.15) is 11.4 Å². The van der Waals surface area contributed by atoms with Gasteiger partial charge >= 0.3 is 6.09 Å². The molecule has 1 unspecified atom stereocenters. The lowest BCUT2D eigenvalue weighted by atomic mass is 10.0. The van der Waals surface area contributed by atoms with Gasteiger partial charge in [0.2, 0.25) is 0 Å². The van der Waals surface area contributed by atoms with Crippen molar-refractivity contribution in [2.45, 2.75) is 46.3 Å². The number of hydrogen-bond donors (Lipinski definition) is 1. The molecule has 0 aromatic heterocycles. The molecule has 0 aromatic rings. The molecule has 1 amide bonds. The van der Waals surface area contributed by atoms with E-state index in [0.717, 1.165) is 12.4 Å². The van der Waals surface area contributed by atoms with Gasteiger partial charge in [-0.2, -0.15) is 0 Å². The molecule has 0 saturated carbocycles. The third kappa shape index (κ3) is 6.64. The van der Waals surface area contributed by atoms with Crippen LogP contribution >= 0.6 is 0 Å². The third-order valence-corrected chi connectivity index (χ3v) is 3.38. The first kappa shape index (κ1) is 18.7. The summed E-state index contributed by atoms with van der Waals surface area (Å²) in [5.74, 6) is 1.36. The minimum atomic E-state index is -0.468. The van der Waals surface area contributed by atoms with Crippen molar-refractivity contribution < 1.29 is 9.53 Å². The molecule has 1 aliphatic rings. The van der Waals surface area contributed by atoms with E-state index in [2.05, 4.69) is 43.2 Å². The van der Waals surface area contributed by atoms with Gasteiger partial charge in [-0.1, -0.05) is 13.8 Å². The molecule has 0 fully saturated rings. The second-order valence-corrected chi connectivity index (χ2v) is 7.49. The van der Waals surface area contributed by atoms with Crippen LogP contribution in [0.25, 0.3) is 0 Å². The summed E-state index contributed by atoms with van der Waals surface area (Å²) >= 11 is 0. The van der Waals surface area contributed by atoms with Gasteiger partial charge in [-0.15, -0.1) is 0 Å². The standard InChI is InChI=1S/C16H32N4O2/c1-12(2)13(10-19(6)7)18-14-11-20(9-8-17-14)15(21)22-16(3,4)5/h12-13H,8-11H2,1-7H3,(H,17,18). The first-order valence-corrected chi connectivity index (χ1v) is 8.01. The molecule has 1 N–H and O–H groups in total. The number of ether oxygens (including phenoxy) is 1. The molecule has 128 valence electrons. The van der Waals surface area contributed by atoms with Gasteiger partial charge in [-0.3, -0.25) is 9.89 Å². The van der Waals surface area contributed by atoms with E-state index in [1.165, 1.54) is 0 Å². The van der Waals surface area contributed by atoms with E-state index in [1.807, 2.05) is 20.8 Å². The molecule has 1 aliphatic heterocycles. The number of carbonyl (C=O) groups is 1. The molecule has 6 heteroatoms. The molecule has 6 nitrogen and oxygen atoms in total. The zero-order chi connectivity index (χ0) is 16.9. The van der Waals surface area contributed by atoms with Gasteiger partial charge in [-0.25, -0.2) is 4.79 Å². The van der Waals surface area contributed by atoms with Crippen molar-refractivity contribution in [1.82, 2.24) is 15.1 Å². The van der Waals surface area contributed by atoms with Crippen LogP contribution in [-0.4, -0.2) is 73.6 Å². The highest BCUT2D eigenvalue weighted by molar-refractivity contribution is 5.88. The number of aliphatic imine (C=N–C) groups is 1. The fourth-order valence-corrected chi connectivity index (χ4v) is 2.22. The quantitative estimate of drug-likeness (QED) is 0.860. The second-order valence-electron chi connectivity index (χ2n) is 7.49. The van der Waals surface area contributed by atoms with Gasteiger partial charge < -0.3 is 15.0 Å². The first-order valence-electron chi connectivity index (χ1n) is 8.01. The Kier molecular flexibility index (Phi) is 6.66. The van der Waals surface area contributed by atoms with E-state index < -0.39 is 5.60 Å². The number of carbonyl (C=O) groups excluding carboxylic acids is 1. The molecule has 1 atom stereocenters. The van der Waals surface area contributed by atoms with Crippen molar-refractivity contribution in [2.75, 3.05) is 40.3 Å². The summed E-state index contributed by atoms with van der Waals surface area (Å²) in [4.78, 5) is 20.6. The molecule has 1 rings (SSSR count). The third-order valence-electron chi connectivity index (χ3n) is 3.38. The van der Waals surface area contributed by atoms with Crippen LogP contribution in [0, 0.1) is 5.92 Å². The maximum Gasteiger partial charge on any atom is 0.410 e. The van der Waals surface area contributed by atoms with Gasteiger partial charge in [0.15, 0.2) is 0 Å². The van der Waals surface area contributed by atoms with Crippen LogP contribution in [0.3, 0.4) is 0 Å². The Labute approximate surface area is 134 Å². The summed E-state index contributed by atoms with van der Waals surface area (Å²) < 4.78 is 5.44. The van der Waals surface area contributed by atoms with Crippen molar-refractivity contribution >= 4 is 11.9 Å². The average molecular weight is 312 g/mol. The van der Waals surface area contributed by atoms with E-state index in [1.54, 1.807) is 4.90 Å². The monoisotopic (exact) mass is 312 g/mol. The Morgan fingerprint density at radius 1 is 1.41 bits per heavy atom. The van der Waals surface area contributed by atoms with Gasteiger partial charge in [-0.05, 0) is 40.8 Å². The maximum absolute atomic E-state index is 12.2. The van der Waals surface area contributed by atoms with Crippen LogP contribution in [0.5, 0.6) is 0 Å². The number of nitrogens with zero attached hydrogens (tertiary/aromatic N) is 3. The summed E-state index contributed by atoms with van der Waals surface area (Å²) in [7, 11) is 4.12. The van der Waals surface area contributed by atoms with Crippen LogP contribution in [-0.2, 0) is 4.74 Å². The van der Waals surface area contributed by atoms with Crippen molar-refractivity contribution in [3.63, 3.8) is 0 Å². The second kappa shape index (κ2) is 7.81. The highest BCUT2D eigenvalue weighted by atomic mass is 16.6. The number of rotatable bonds is 4. The molecule has 0 aromatic carbocycles. The first-order chi connectivity index (χ1) is 10.1. The summed E-state index contributed by atoms with van der Waals surface area (Å²) in [6.07, 6.45) is -0.268. The van der Waals surface area contributed by atoms with E-state index in [0.29, 0.717) is 31.6 Å². The number of amidine groups is 1. The summed E-state index contributed by atoms with van der Waals surface area (Å²) in [6.45, 7) is 12.7. The predicted octanol–water partition coefficient (Wildman–Crippen LogP) is 1.81. The molecular formula is C16H32N4O2. The Balaban J connectivity index is 2.62. The zero-order valence-electron chi connectivity index (χ0n) is 15.1. The zero-order valence-corrected chi connectivity index (χ0v) is 15.1. The number of amides is 1. The molecule has 0 radical (unpaired) electrons. The van der Waals surface area contributed by atoms with Crippen molar-refractivity contribution in [2.24, 2.45) is 10.9 Å². The Bertz CT molecular complexity index is 399. The SMILES string of the molecule is CC(C)C(CN(C)C)NC1=NCCN(C(=O)OC(C)(C)C)C1. The molecule has 0 bridgehead atoms. The lowest BCUT2D eigenvalue weighted by Gasteiger charge is -2.33. The van der Waals surface area contributed by atoms with Crippen LogP contribution in [0.2, 0.25) is 0 Å². The topological polar surface area (TPSA) is 57.2 Å². The maximum atomic E-state index is 12.2. The highest BCUT2D eigenvalue weighted by Crippen LogP contribution is 2.11. The Hall–Kier alpha value is -1.30. The number of hydrogen-bond acceptors (Lipinski definition) is 5. The largest absolute Gasteiger partial charge is 0.444 e. The summed E-state index contributed by atoms with van der Waals surface area (Å²) in [6, 6.07) is 0.312. The van der Waals surface area contributed by atoms with Crippen LogP contribution < -0.4 is 5.32 Å². The fraction of sp³-hybridized carbons (Fsp3) is 0.875. The van der Waals surface area contributed by atoms with E-state index in [4.69, 9.17) is 4.74 Å². The normalized spacial score (nSPS) is 17.5. The molecule has 1 heterocycles. The van der Waals surface area contributed by atoms with Crippen LogP contribution in [0.1, 0.15) is 34.6 Å². The number of likely N-dealkylation sites (N-methyl/N-ethyl adjacent to an activating group) is 1. The van der Waals surface area contributed by atoms with Gasteiger partial charge in [0.25, 0.3) is 0 Å². The highest BCUT2D eigenvalue weighted by Gasteiger charge is 2.26. The Morgan fingerprint density at radius 2 is 2.05 bits per heavy atom. The van der Waals surface area contributed by atoms with E-state index >= 15 is 0 Å². The van der Waals surface area contributed by atoms with E-state index in [9.17, 15) is 4.79 Å². The lowest BCUT2D eigenvalue weighted by Crippen LogP contribution is -2.52. The molecule has 0 spiro atoms. The average Bonchev–Trinajstić information content (AvgIpc) is 2.35. The van der Waals surface area contributed by atoms with Gasteiger partial charge in [0.05, 0.1) is 13.1 Å². The number of nitrogens with one attached hydrogen (secondary N) is 1.